The number of nitrogens with zero attached hydrogens (tertiary/aromatic N) is 1. The third-order valence-corrected chi connectivity index (χ3v) is 4.63. The normalized spacial score (nSPS) is 20.6. The zero-order valence-electron chi connectivity index (χ0n) is 11.4. The molecular weight excluding hydrogens is 349 g/mol. The van der Waals surface area contributed by atoms with E-state index >= 15 is 0 Å². The fourth-order valence-electron chi connectivity index (χ4n) is 2.19. The molecule has 2 aromatic rings. The maximum atomic E-state index is 12.0. The van der Waals surface area contributed by atoms with Crippen molar-refractivity contribution in [2.45, 2.75) is 6.10 Å². The average Bonchev–Trinajstić information content (AvgIpc) is 3.16. The van der Waals surface area contributed by atoms with Crippen LogP contribution in [0.15, 0.2) is 22.7 Å². The van der Waals surface area contributed by atoms with Gasteiger partial charge in [0.15, 0.2) is 11.5 Å². The van der Waals surface area contributed by atoms with Crippen molar-refractivity contribution in [2.75, 3.05) is 19.6 Å². The summed E-state index contributed by atoms with van der Waals surface area (Å²) in [4.78, 5) is 12.8. The van der Waals surface area contributed by atoms with Gasteiger partial charge in [-0.2, -0.15) is 0 Å². The molecule has 2 aromatic heterocycles. The van der Waals surface area contributed by atoms with Crippen LogP contribution in [0.2, 0.25) is 4.34 Å². The second kappa shape index (κ2) is 7.43. The Bertz CT molecular complexity index is 646. The Morgan fingerprint density at radius 2 is 2.36 bits per heavy atom. The van der Waals surface area contributed by atoms with Crippen molar-refractivity contribution in [1.29, 1.82) is 0 Å². The Morgan fingerprint density at radius 1 is 1.55 bits per heavy atom. The first-order chi connectivity index (χ1) is 10.1. The van der Waals surface area contributed by atoms with Crippen molar-refractivity contribution < 1.29 is 14.4 Å². The highest BCUT2D eigenvalue weighted by Crippen LogP contribution is 2.31. The van der Waals surface area contributed by atoms with E-state index in [9.17, 15) is 9.90 Å². The monoisotopic (exact) mass is 363 g/mol. The van der Waals surface area contributed by atoms with Crippen molar-refractivity contribution in [3.63, 3.8) is 0 Å². The molecule has 0 saturated carbocycles. The Hall–Kier alpha value is -1.12. The van der Waals surface area contributed by atoms with Gasteiger partial charge in [-0.05, 0) is 12.1 Å². The van der Waals surface area contributed by atoms with Crippen LogP contribution in [0.1, 0.15) is 10.5 Å². The van der Waals surface area contributed by atoms with E-state index in [4.69, 9.17) is 16.1 Å². The lowest BCUT2D eigenvalue weighted by Crippen LogP contribution is -2.34. The van der Waals surface area contributed by atoms with Crippen LogP contribution < -0.4 is 10.6 Å². The maximum Gasteiger partial charge on any atom is 0.273 e. The Morgan fingerprint density at radius 3 is 3.00 bits per heavy atom. The number of rotatable bonds is 4. The Kier molecular flexibility index (Phi) is 5.82. The van der Waals surface area contributed by atoms with E-state index in [0.717, 1.165) is 4.88 Å². The average molecular weight is 364 g/mol. The summed E-state index contributed by atoms with van der Waals surface area (Å²) in [7, 11) is 0. The molecular formula is C13H15Cl2N3O3S. The highest BCUT2D eigenvalue weighted by molar-refractivity contribution is 7.19. The highest BCUT2D eigenvalue weighted by atomic mass is 35.5. The number of aliphatic hydroxyl groups is 1. The number of aromatic nitrogens is 1. The number of amides is 1. The molecule has 22 heavy (non-hydrogen) atoms. The molecule has 120 valence electrons. The van der Waals surface area contributed by atoms with Gasteiger partial charge in [0.05, 0.1) is 15.3 Å². The van der Waals surface area contributed by atoms with Crippen LogP contribution in [-0.2, 0) is 0 Å². The van der Waals surface area contributed by atoms with Crippen LogP contribution >= 0.6 is 35.3 Å². The predicted octanol–water partition coefficient (Wildman–Crippen LogP) is 1.79. The summed E-state index contributed by atoms with van der Waals surface area (Å²) in [5.41, 5.74) is 0.218. The van der Waals surface area contributed by atoms with E-state index in [1.807, 2.05) is 6.07 Å². The first kappa shape index (κ1) is 17.2. The van der Waals surface area contributed by atoms with Crippen LogP contribution in [0.25, 0.3) is 10.6 Å². The smallest absolute Gasteiger partial charge is 0.273 e. The Labute approximate surface area is 142 Å². The SMILES string of the molecule is Cl.O=C(NCC1CNCC1O)c1cc(-c2ccc(Cl)s2)on1. The predicted molar refractivity (Wildman–Crippen MR) is 86.8 cm³/mol. The molecule has 0 aromatic carbocycles. The molecule has 1 saturated heterocycles. The quantitative estimate of drug-likeness (QED) is 0.770. The molecule has 0 aliphatic carbocycles. The van der Waals surface area contributed by atoms with E-state index in [2.05, 4.69) is 15.8 Å². The lowest BCUT2D eigenvalue weighted by atomic mass is 10.1. The largest absolute Gasteiger partial charge is 0.391 e. The molecule has 9 heteroatoms. The van der Waals surface area contributed by atoms with Crippen LogP contribution in [0.3, 0.4) is 0 Å². The van der Waals surface area contributed by atoms with Gasteiger partial charge in [-0.15, -0.1) is 23.7 Å². The molecule has 1 aliphatic rings. The second-order valence-corrected chi connectivity index (χ2v) is 6.59. The number of hydrogen-bond donors (Lipinski definition) is 3. The summed E-state index contributed by atoms with van der Waals surface area (Å²) >= 11 is 7.22. The summed E-state index contributed by atoms with van der Waals surface area (Å²) in [5, 5.41) is 19.3. The van der Waals surface area contributed by atoms with Gasteiger partial charge in [0, 0.05) is 31.6 Å². The lowest BCUT2D eigenvalue weighted by Gasteiger charge is -2.13. The molecule has 3 rings (SSSR count). The van der Waals surface area contributed by atoms with Gasteiger partial charge >= 0.3 is 0 Å². The zero-order chi connectivity index (χ0) is 14.8. The van der Waals surface area contributed by atoms with E-state index in [1.54, 1.807) is 12.1 Å². The molecule has 6 nitrogen and oxygen atoms in total. The van der Waals surface area contributed by atoms with Gasteiger partial charge < -0.3 is 20.3 Å². The fourth-order valence-corrected chi connectivity index (χ4v) is 3.18. The van der Waals surface area contributed by atoms with Crippen molar-refractivity contribution in [3.05, 3.63) is 28.2 Å². The molecule has 1 fully saturated rings. The van der Waals surface area contributed by atoms with Crippen molar-refractivity contribution >= 4 is 41.3 Å². The molecule has 0 bridgehead atoms. The van der Waals surface area contributed by atoms with Crippen molar-refractivity contribution in [1.82, 2.24) is 15.8 Å². The first-order valence-corrected chi connectivity index (χ1v) is 7.72. The summed E-state index contributed by atoms with van der Waals surface area (Å²) in [6.45, 7) is 1.66. The summed E-state index contributed by atoms with van der Waals surface area (Å²) in [6.07, 6.45) is -0.425. The first-order valence-electron chi connectivity index (χ1n) is 6.53. The van der Waals surface area contributed by atoms with E-state index < -0.39 is 6.10 Å². The Balaban J connectivity index is 0.00000176. The number of β-amino-alcohol motifs (C(OH)–C–C–N with tert-alkyl or cyclic N) is 1. The fraction of sp³-hybridized carbons (Fsp3) is 0.385. The number of halogens is 2. The molecule has 3 N–H and O–H groups in total. The van der Waals surface area contributed by atoms with Crippen LogP contribution in [-0.4, -0.2) is 41.9 Å². The van der Waals surface area contributed by atoms with Crippen molar-refractivity contribution in [3.8, 4) is 10.6 Å². The summed E-state index contributed by atoms with van der Waals surface area (Å²) in [6, 6.07) is 5.16. The van der Waals surface area contributed by atoms with Gasteiger partial charge in [0.25, 0.3) is 5.91 Å². The molecule has 0 spiro atoms. The summed E-state index contributed by atoms with van der Waals surface area (Å²) < 4.78 is 5.81. The zero-order valence-corrected chi connectivity index (χ0v) is 13.8. The molecule has 1 aliphatic heterocycles. The van der Waals surface area contributed by atoms with Gasteiger partial charge in [-0.1, -0.05) is 16.8 Å². The topological polar surface area (TPSA) is 87.4 Å². The number of nitrogens with one attached hydrogen (secondary N) is 2. The third-order valence-electron chi connectivity index (χ3n) is 3.39. The van der Waals surface area contributed by atoms with Gasteiger partial charge in [-0.25, -0.2) is 0 Å². The van der Waals surface area contributed by atoms with E-state index in [-0.39, 0.29) is 29.9 Å². The highest BCUT2D eigenvalue weighted by Gasteiger charge is 2.25. The number of thiophene rings is 1. The van der Waals surface area contributed by atoms with Crippen LogP contribution in [0.5, 0.6) is 0 Å². The second-order valence-electron chi connectivity index (χ2n) is 4.88. The molecule has 3 heterocycles. The number of carbonyl (C=O) groups excluding carboxylic acids is 1. The van der Waals surface area contributed by atoms with Gasteiger partial charge in [0.2, 0.25) is 0 Å². The molecule has 1 amide bonds. The third kappa shape index (κ3) is 3.80. The van der Waals surface area contributed by atoms with Crippen LogP contribution in [0, 0.1) is 5.92 Å². The van der Waals surface area contributed by atoms with Gasteiger partial charge in [-0.3, -0.25) is 4.79 Å². The molecule has 2 atom stereocenters. The number of aliphatic hydroxyl groups excluding tert-OH is 1. The minimum absolute atomic E-state index is 0. The lowest BCUT2D eigenvalue weighted by molar-refractivity contribution is 0.0918. The molecule has 0 radical (unpaired) electrons. The summed E-state index contributed by atoms with van der Waals surface area (Å²) in [5.74, 6) is 0.225. The van der Waals surface area contributed by atoms with Gasteiger partial charge in [0.1, 0.15) is 0 Å². The number of hydrogen-bond acceptors (Lipinski definition) is 6. The van der Waals surface area contributed by atoms with Crippen LogP contribution in [0.4, 0.5) is 0 Å². The van der Waals surface area contributed by atoms with E-state index in [1.165, 1.54) is 11.3 Å². The molecule has 2 unspecified atom stereocenters. The minimum atomic E-state index is -0.425. The van der Waals surface area contributed by atoms with E-state index in [0.29, 0.717) is 29.7 Å². The number of carbonyl (C=O) groups is 1. The minimum Gasteiger partial charge on any atom is -0.391 e. The standard InChI is InChI=1S/C13H14ClN3O3S.ClH/c14-12-2-1-11(21-12)10-3-8(17-20-10)13(19)16-5-7-4-15-6-9(7)18;/h1-3,7,9,15,18H,4-6H2,(H,16,19);1H. The maximum absolute atomic E-state index is 12.0. The van der Waals surface area contributed by atoms with Crippen molar-refractivity contribution in [2.24, 2.45) is 5.92 Å².